The van der Waals surface area contributed by atoms with Crippen LogP contribution in [0.2, 0.25) is 0 Å². The maximum Gasteiger partial charge on any atom is 0.316 e. The summed E-state index contributed by atoms with van der Waals surface area (Å²) in [5.41, 5.74) is 1.61. The third kappa shape index (κ3) is 2.53. The molecular formula is C15H21N3O2. The minimum atomic E-state index is -0.401. The van der Waals surface area contributed by atoms with Crippen LogP contribution >= 0.6 is 0 Å². The molecule has 0 aliphatic heterocycles. The molecule has 0 fully saturated rings. The van der Waals surface area contributed by atoms with Gasteiger partial charge in [-0.2, -0.15) is 0 Å². The van der Waals surface area contributed by atoms with Crippen LogP contribution < -0.4 is 0 Å². The lowest BCUT2D eigenvalue weighted by molar-refractivity contribution is -0.144. The molecule has 2 rings (SSSR count). The van der Waals surface area contributed by atoms with Crippen molar-refractivity contribution >= 4 is 17.0 Å². The number of carbonyl (C=O) groups excluding carboxylic acids is 1. The Kier molecular flexibility index (Phi) is 3.79. The number of pyridine rings is 1. The van der Waals surface area contributed by atoms with Crippen molar-refractivity contribution in [2.75, 3.05) is 6.61 Å². The van der Waals surface area contributed by atoms with E-state index in [2.05, 4.69) is 35.3 Å². The third-order valence-corrected chi connectivity index (χ3v) is 3.18. The van der Waals surface area contributed by atoms with Gasteiger partial charge in [-0.25, -0.2) is 4.98 Å². The Morgan fingerprint density at radius 1 is 1.45 bits per heavy atom. The van der Waals surface area contributed by atoms with Crippen LogP contribution in [-0.4, -0.2) is 27.1 Å². The van der Waals surface area contributed by atoms with Crippen molar-refractivity contribution in [1.82, 2.24) is 14.5 Å². The average Bonchev–Trinajstić information content (AvgIpc) is 2.77. The number of hydrogen-bond acceptors (Lipinski definition) is 4. The molecule has 5 nitrogen and oxygen atoms in total. The third-order valence-electron chi connectivity index (χ3n) is 3.18. The van der Waals surface area contributed by atoms with E-state index in [0.29, 0.717) is 6.61 Å². The normalized spacial score (nSPS) is 13.4. The predicted molar refractivity (Wildman–Crippen MR) is 77.6 cm³/mol. The second kappa shape index (κ2) is 5.23. The van der Waals surface area contributed by atoms with E-state index in [1.165, 1.54) is 0 Å². The summed E-state index contributed by atoms with van der Waals surface area (Å²) in [6.07, 6.45) is 3.46. The minimum absolute atomic E-state index is 0.174. The van der Waals surface area contributed by atoms with Crippen molar-refractivity contribution in [1.29, 1.82) is 0 Å². The fourth-order valence-electron chi connectivity index (χ4n) is 2.32. The number of esters is 1. The Morgan fingerprint density at radius 3 is 2.75 bits per heavy atom. The zero-order chi connectivity index (χ0) is 14.9. The Morgan fingerprint density at radius 2 is 2.15 bits per heavy atom. The average molecular weight is 275 g/mol. The zero-order valence-electron chi connectivity index (χ0n) is 12.7. The highest BCUT2D eigenvalue weighted by atomic mass is 16.5. The van der Waals surface area contributed by atoms with Gasteiger partial charge in [-0.3, -0.25) is 9.78 Å². The van der Waals surface area contributed by atoms with Gasteiger partial charge in [0.1, 0.15) is 17.3 Å². The summed E-state index contributed by atoms with van der Waals surface area (Å²) in [5.74, 6) is 0.0711. The van der Waals surface area contributed by atoms with E-state index in [1.54, 1.807) is 19.3 Å². The molecule has 1 atom stereocenters. The topological polar surface area (TPSA) is 57.0 Å². The molecule has 0 aliphatic rings. The molecular weight excluding hydrogens is 254 g/mol. The van der Waals surface area contributed by atoms with Gasteiger partial charge >= 0.3 is 5.97 Å². The molecule has 0 spiro atoms. The quantitative estimate of drug-likeness (QED) is 0.808. The Bertz CT molecular complexity index is 626. The van der Waals surface area contributed by atoms with E-state index < -0.39 is 5.92 Å². The number of imidazole rings is 1. The second-order valence-corrected chi connectivity index (χ2v) is 5.81. The molecule has 0 radical (unpaired) electrons. The molecule has 0 aromatic carbocycles. The van der Waals surface area contributed by atoms with E-state index in [4.69, 9.17) is 4.74 Å². The van der Waals surface area contributed by atoms with Crippen LogP contribution in [0.15, 0.2) is 18.5 Å². The zero-order valence-corrected chi connectivity index (χ0v) is 12.7. The van der Waals surface area contributed by atoms with Crippen LogP contribution in [0.5, 0.6) is 0 Å². The molecule has 20 heavy (non-hydrogen) atoms. The first-order valence-electron chi connectivity index (χ1n) is 6.85. The first kappa shape index (κ1) is 14.5. The standard InChI is InChI=1S/C15H21N3O2/c1-6-20-14(19)10(2)13-17-11-9-16-8-7-12(11)18(13)15(3,4)5/h7-10H,6H2,1-5H3. The molecule has 0 saturated carbocycles. The number of rotatable bonds is 3. The Hall–Kier alpha value is -1.91. The summed E-state index contributed by atoms with van der Waals surface area (Å²) >= 11 is 0. The van der Waals surface area contributed by atoms with Gasteiger partial charge < -0.3 is 9.30 Å². The van der Waals surface area contributed by atoms with Gasteiger partial charge in [0.2, 0.25) is 0 Å². The fraction of sp³-hybridized carbons (Fsp3) is 0.533. The molecule has 0 aliphatic carbocycles. The predicted octanol–water partition coefficient (Wildman–Crippen LogP) is 2.85. The molecule has 0 saturated heterocycles. The van der Waals surface area contributed by atoms with Crippen molar-refractivity contribution in [3.05, 3.63) is 24.3 Å². The number of aromatic nitrogens is 3. The Balaban J connectivity index is 2.60. The van der Waals surface area contributed by atoms with Crippen molar-refractivity contribution in [3.63, 3.8) is 0 Å². The summed E-state index contributed by atoms with van der Waals surface area (Å²) < 4.78 is 7.20. The van der Waals surface area contributed by atoms with Crippen LogP contribution in [0.1, 0.15) is 46.4 Å². The lowest BCUT2D eigenvalue weighted by atomic mass is 10.1. The van der Waals surface area contributed by atoms with Gasteiger partial charge in [0.25, 0.3) is 0 Å². The molecule has 2 aromatic rings. The van der Waals surface area contributed by atoms with Crippen molar-refractivity contribution < 1.29 is 9.53 Å². The van der Waals surface area contributed by atoms with Crippen LogP contribution in [0, 0.1) is 0 Å². The number of carbonyl (C=O) groups is 1. The van der Waals surface area contributed by atoms with E-state index in [9.17, 15) is 4.79 Å². The van der Waals surface area contributed by atoms with Gasteiger partial charge in [0.15, 0.2) is 0 Å². The van der Waals surface area contributed by atoms with E-state index in [1.807, 2.05) is 13.0 Å². The highest BCUT2D eigenvalue weighted by Crippen LogP contribution is 2.29. The van der Waals surface area contributed by atoms with Crippen LogP contribution in [0.4, 0.5) is 0 Å². The molecule has 108 valence electrons. The number of fused-ring (bicyclic) bond motifs is 1. The summed E-state index contributed by atoms with van der Waals surface area (Å²) in [4.78, 5) is 20.7. The molecule has 0 N–H and O–H groups in total. The SMILES string of the molecule is CCOC(=O)C(C)c1nc2cnccc2n1C(C)(C)C. The minimum Gasteiger partial charge on any atom is -0.465 e. The van der Waals surface area contributed by atoms with Crippen molar-refractivity contribution in [2.24, 2.45) is 0 Å². The van der Waals surface area contributed by atoms with Gasteiger partial charge in [-0.1, -0.05) is 0 Å². The van der Waals surface area contributed by atoms with Gasteiger partial charge in [0, 0.05) is 11.7 Å². The van der Waals surface area contributed by atoms with Crippen LogP contribution in [0.3, 0.4) is 0 Å². The van der Waals surface area contributed by atoms with Crippen molar-refractivity contribution in [2.45, 2.75) is 46.1 Å². The first-order valence-corrected chi connectivity index (χ1v) is 6.85. The highest BCUT2D eigenvalue weighted by molar-refractivity contribution is 5.80. The first-order chi connectivity index (χ1) is 9.36. The molecule has 2 heterocycles. The fourth-order valence-corrected chi connectivity index (χ4v) is 2.32. The van der Waals surface area contributed by atoms with E-state index in [0.717, 1.165) is 16.9 Å². The molecule has 2 aromatic heterocycles. The van der Waals surface area contributed by atoms with Gasteiger partial charge in [0.05, 0.1) is 18.3 Å². The van der Waals surface area contributed by atoms with E-state index in [-0.39, 0.29) is 11.5 Å². The smallest absolute Gasteiger partial charge is 0.316 e. The largest absolute Gasteiger partial charge is 0.465 e. The number of ether oxygens (including phenoxy) is 1. The summed E-state index contributed by atoms with van der Waals surface area (Å²) in [7, 11) is 0. The monoisotopic (exact) mass is 275 g/mol. The van der Waals surface area contributed by atoms with Crippen LogP contribution in [-0.2, 0) is 15.1 Å². The molecule has 0 amide bonds. The number of nitrogens with zero attached hydrogens (tertiary/aromatic N) is 3. The lowest BCUT2D eigenvalue weighted by Gasteiger charge is -2.26. The van der Waals surface area contributed by atoms with Gasteiger partial charge in [-0.15, -0.1) is 0 Å². The van der Waals surface area contributed by atoms with Gasteiger partial charge in [-0.05, 0) is 40.7 Å². The summed E-state index contributed by atoms with van der Waals surface area (Å²) in [6.45, 7) is 10.3. The molecule has 0 bridgehead atoms. The lowest BCUT2D eigenvalue weighted by Crippen LogP contribution is -2.27. The molecule has 1 unspecified atom stereocenters. The van der Waals surface area contributed by atoms with Crippen molar-refractivity contribution in [3.8, 4) is 0 Å². The van der Waals surface area contributed by atoms with Crippen LogP contribution in [0.25, 0.3) is 11.0 Å². The highest BCUT2D eigenvalue weighted by Gasteiger charge is 2.28. The molecule has 5 heteroatoms. The second-order valence-electron chi connectivity index (χ2n) is 5.81. The maximum absolute atomic E-state index is 12.0. The number of hydrogen-bond donors (Lipinski definition) is 0. The van der Waals surface area contributed by atoms with E-state index >= 15 is 0 Å². The Labute approximate surface area is 119 Å². The summed E-state index contributed by atoms with van der Waals surface area (Å²) in [6, 6.07) is 1.93. The maximum atomic E-state index is 12.0. The summed E-state index contributed by atoms with van der Waals surface area (Å²) in [5, 5.41) is 0.